The monoisotopic (exact) mass is 275 g/mol. The van der Waals surface area contributed by atoms with Crippen LogP contribution >= 0.6 is 11.6 Å². The maximum atomic E-state index is 11.6. The Bertz CT molecular complexity index is 457. The maximum absolute atomic E-state index is 11.6. The Kier molecular flexibility index (Phi) is 5.43. The zero-order valence-electron chi connectivity index (χ0n) is 10.1. The lowest BCUT2D eigenvalue weighted by molar-refractivity contribution is 0.568. The summed E-state index contributed by atoms with van der Waals surface area (Å²) >= 11 is 5.72. The summed E-state index contributed by atoms with van der Waals surface area (Å²) in [6, 6.07) is 7.59. The lowest BCUT2D eigenvalue weighted by Crippen LogP contribution is -2.28. The van der Waals surface area contributed by atoms with Gasteiger partial charge in [-0.25, -0.2) is 13.1 Å². The summed E-state index contributed by atoms with van der Waals surface area (Å²) in [5.41, 5.74) is 1.92. The molecule has 96 valence electrons. The van der Waals surface area contributed by atoms with Gasteiger partial charge in [0.25, 0.3) is 0 Å². The summed E-state index contributed by atoms with van der Waals surface area (Å²) in [4.78, 5) is 0. The van der Waals surface area contributed by atoms with Crippen LogP contribution in [0.25, 0.3) is 0 Å². The van der Waals surface area contributed by atoms with Gasteiger partial charge < -0.3 is 0 Å². The third-order valence-corrected chi connectivity index (χ3v) is 4.19. The number of benzene rings is 1. The molecule has 0 aromatic heterocycles. The van der Waals surface area contributed by atoms with E-state index >= 15 is 0 Å². The van der Waals surface area contributed by atoms with Gasteiger partial charge in [-0.05, 0) is 17.0 Å². The lowest BCUT2D eigenvalue weighted by atomic mass is 10.1. The Morgan fingerprint density at radius 1 is 1.29 bits per heavy atom. The number of alkyl halides is 1. The Labute approximate surface area is 108 Å². The predicted molar refractivity (Wildman–Crippen MR) is 71.5 cm³/mol. The second-order valence-electron chi connectivity index (χ2n) is 4.45. The first-order chi connectivity index (χ1) is 7.93. The zero-order valence-corrected chi connectivity index (χ0v) is 11.7. The predicted octanol–water partition coefficient (Wildman–Crippen LogP) is 2.50. The molecule has 0 saturated heterocycles. The van der Waals surface area contributed by atoms with Gasteiger partial charge in [-0.3, -0.25) is 0 Å². The van der Waals surface area contributed by atoms with E-state index in [4.69, 9.17) is 11.6 Å². The molecule has 5 heteroatoms. The Hall–Kier alpha value is -0.580. The van der Waals surface area contributed by atoms with Crippen LogP contribution in [0.1, 0.15) is 25.0 Å². The molecule has 0 atom stereocenters. The molecular formula is C12H18ClNO2S. The molecule has 1 aromatic carbocycles. The highest BCUT2D eigenvalue weighted by Crippen LogP contribution is 2.08. The van der Waals surface area contributed by atoms with Crippen LogP contribution in [-0.4, -0.2) is 14.2 Å². The largest absolute Gasteiger partial charge is 0.212 e. The van der Waals surface area contributed by atoms with E-state index in [1.807, 2.05) is 38.1 Å². The van der Waals surface area contributed by atoms with Crippen LogP contribution in [-0.2, 0) is 22.4 Å². The third-order valence-electron chi connectivity index (χ3n) is 2.19. The van der Waals surface area contributed by atoms with Crippen molar-refractivity contribution in [3.63, 3.8) is 0 Å². The highest BCUT2D eigenvalue weighted by molar-refractivity contribution is 7.89. The molecule has 0 amide bonds. The number of rotatable bonds is 6. The van der Waals surface area contributed by atoms with E-state index in [2.05, 4.69) is 4.72 Å². The van der Waals surface area contributed by atoms with Crippen LogP contribution in [0.3, 0.4) is 0 Å². The zero-order chi connectivity index (χ0) is 12.9. The van der Waals surface area contributed by atoms with Crippen LogP contribution in [0.5, 0.6) is 0 Å². The fraction of sp³-hybridized carbons (Fsp3) is 0.500. The van der Waals surface area contributed by atoms with Crippen molar-refractivity contribution in [2.24, 2.45) is 5.92 Å². The molecule has 0 aliphatic heterocycles. The average molecular weight is 276 g/mol. The number of hydrogen-bond acceptors (Lipinski definition) is 2. The van der Waals surface area contributed by atoms with Gasteiger partial charge in [-0.1, -0.05) is 38.1 Å². The highest BCUT2D eigenvalue weighted by atomic mass is 35.5. The molecule has 0 aliphatic carbocycles. The van der Waals surface area contributed by atoms with E-state index in [1.165, 1.54) is 0 Å². The SMILES string of the molecule is CC(C)CS(=O)(=O)NCc1cccc(CCl)c1. The molecule has 0 bridgehead atoms. The molecule has 1 N–H and O–H groups in total. The van der Waals surface area contributed by atoms with E-state index in [9.17, 15) is 8.42 Å². The van der Waals surface area contributed by atoms with Gasteiger partial charge in [0.15, 0.2) is 0 Å². The highest BCUT2D eigenvalue weighted by Gasteiger charge is 2.12. The number of halogens is 1. The van der Waals surface area contributed by atoms with Crippen LogP contribution in [0.15, 0.2) is 24.3 Å². The van der Waals surface area contributed by atoms with Crippen molar-refractivity contribution in [1.29, 1.82) is 0 Å². The third kappa shape index (κ3) is 5.52. The molecule has 0 saturated carbocycles. The average Bonchev–Trinajstić information content (AvgIpc) is 2.25. The number of hydrogen-bond donors (Lipinski definition) is 1. The van der Waals surface area contributed by atoms with Gasteiger partial charge in [-0.15, -0.1) is 11.6 Å². The summed E-state index contributed by atoms with van der Waals surface area (Å²) in [5.74, 6) is 0.719. The lowest BCUT2D eigenvalue weighted by Gasteiger charge is -2.09. The van der Waals surface area contributed by atoms with Crippen molar-refractivity contribution in [2.45, 2.75) is 26.3 Å². The molecule has 0 fully saturated rings. The fourth-order valence-corrected chi connectivity index (χ4v) is 3.06. The van der Waals surface area contributed by atoms with Crippen LogP contribution in [0, 0.1) is 5.92 Å². The van der Waals surface area contributed by atoms with Crippen molar-refractivity contribution in [1.82, 2.24) is 4.72 Å². The molecule has 0 heterocycles. The van der Waals surface area contributed by atoms with Gasteiger partial charge in [-0.2, -0.15) is 0 Å². The molecule has 3 nitrogen and oxygen atoms in total. The smallest absolute Gasteiger partial charge is 0.212 e. The summed E-state index contributed by atoms with van der Waals surface area (Å²) in [6.07, 6.45) is 0. The summed E-state index contributed by atoms with van der Waals surface area (Å²) in [7, 11) is -3.18. The number of nitrogens with one attached hydrogen (secondary N) is 1. The first-order valence-corrected chi connectivity index (χ1v) is 7.73. The number of sulfonamides is 1. The molecule has 17 heavy (non-hydrogen) atoms. The minimum Gasteiger partial charge on any atom is -0.212 e. The van der Waals surface area contributed by atoms with Crippen molar-refractivity contribution in [3.8, 4) is 0 Å². The van der Waals surface area contributed by atoms with E-state index in [1.54, 1.807) is 0 Å². The standard InChI is InChI=1S/C12H18ClNO2S/c1-10(2)9-17(15,16)14-8-12-5-3-4-11(6-12)7-13/h3-6,10,14H,7-9H2,1-2H3. The molecule has 1 aromatic rings. The van der Waals surface area contributed by atoms with E-state index in [-0.39, 0.29) is 11.7 Å². The summed E-state index contributed by atoms with van der Waals surface area (Å²) in [6.45, 7) is 4.08. The Morgan fingerprint density at radius 3 is 2.53 bits per heavy atom. The molecule has 0 aliphatic rings. The van der Waals surface area contributed by atoms with Crippen LogP contribution in [0.2, 0.25) is 0 Å². The van der Waals surface area contributed by atoms with E-state index in [0.29, 0.717) is 12.4 Å². The van der Waals surface area contributed by atoms with Crippen LogP contribution < -0.4 is 4.72 Å². The second kappa shape index (κ2) is 6.38. The van der Waals surface area contributed by atoms with Crippen LogP contribution in [0.4, 0.5) is 0 Å². The Balaban J connectivity index is 2.61. The van der Waals surface area contributed by atoms with Gasteiger partial charge >= 0.3 is 0 Å². The van der Waals surface area contributed by atoms with Crippen molar-refractivity contribution in [3.05, 3.63) is 35.4 Å². The van der Waals surface area contributed by atoms with Crippen molar-refractivity contribution < 1.29 is 8.42 Å². The minimum absolute atomic E-state index is 0.127. The van der Waals surface area contributed by atoms with Crippen molar-refractivity contribution in [2.75, 3.05) is 5.75 Å². The van der Waals surface area contributed by atoms with E-state index in [0.717, 1.165) is 11.1 Å². The quantitative estimate of drug-likeness (QED) is 0.811. The molecule has 0 unspecified atom stereocenters. The summed E-state index contributed by atoms with van der Waals surface area (Å²) in [5, 5.41) is 0. The van der Waals surface area contributed by atoms with Gasteiger partial charge in [0.1, 0.15) is 0 Å². The molecule has 0 radical (unpaired) electrons. The van der Waals surface area contributed by atoms with Crippen molar-refractivity contribution >= 4 is 21.6 Å². The normalized spacial score (nSPS) is 12.0. The summed E-state index contributed by atoms with van der Waals surface area (Å²) < 4.78 is 25.9. The van der Waals surface area contributed by atoms with Gasteiger partial charge in [0, 0.05) is 12.4 Å². The van der Waals surface area contributed by atoms with Gasteiger partial charge in [0.05, 0.1) is 5.75 Å². The molecule has 1 rings (SSSR count). The van der Waals surface area contributed by atoms with E-state index < -0.39 is 10.0 Å². The second-order valence-corrected chi connectivity index (χ2v) is 6.57. The Morgan fingerprint density at radius 2 is 1.94 bits per heavy atom. The molecule has 0 spiro atoms. The first kappa shape index (κ1) is 14.5. The first-order valence-electron chi connectivity index (χ1n) is 5.54. The van der Waals surface area contributed by atoms with Gasteiger partial charge in [0.2, 0.25) is 10.0 Å². The topological polar surface area (TPSA) is 46.2 Å². The molecular weight excluding hydrogens is 258 g/mol. The maximum Gasteiger partial charge on any atom is 0.212 e. The minimum atomic E-state index is -3.18. The fourth-order valence-electron chi connectivity index (χ4n) is 1.51.